The highest BCUT2D eigenvalue weighted by molar-refractivity contribution is 6.01. The maximum Gasteiger partial charge on any atom is 0.126 e. The Bertz CT molecular complexity index is 438. The van der Waals surface area contributed by atoms with E-state index < -0.39 is 0 Å². The second kappa shape index (κ2) is 5.85. The molecule has 18 heavy (non-hydrogen) atoms. The number of anilines is 1. The number of rotatable bonds is 5. The van der Waals surface area contributed by atoms with Gasteiger partial charge in [-0.05, 0) is 40.2 Å². The Morgan fingerprint density at radius 1 is 1.44 bits per heavy atom. The first kappa shape index (κ1) is 14.5. The Morgan fingerprint density at radius 3 is 2.50 bits per heavy atom. The summed E-state index contributed by atoms with van der Waals surface area (Å²) in [5.41, 5.74) is 9.31. The van der Waals surface area contributed by atoms with E-state index >= 15 is 0 Å². The van der Waals surface area contributed by atoms with Gasteiger partial charge in [-0.25, -0.2) is 0 Å². The SMILES string of the molecule is CCCN(c1cc(C)nc(C)c1C(=N)N)C(C)C. The number of pyridine rings is 1. The van der Waals surface area contributed by atoms with Crippen molar-refractivity contribution in [3.05, 3.63) is 23.0 Å². The third-order valence-corrected chi connectivity index (χ3v) is 2.97. The third kappa shape index (κ3) is 3.00. The van der Waals surface area contributed by atoms with Crippen LogP contribution in [0.15, 0.2) is 6.07 Å². The minimum Gasteiger partial charge on any atom is -0.384 e. The standard InChI is InChI=1S/C14H24N4/c1-6-7-18(9(2)3)12-8-10(4)17-11(5)13(12)14(15)16/h8-9H,6-7H2,1-5H3,(H3,15,16). The van der Waals surface area contributed by atoms with E-state index in [4.69, 9.17) is 11.1 Å². The molecule has 0 aliphatic carbocycles. The van der Waals surface area contributed by atoms with E-state index in [1.165, 1.54) is 0 Å². The van der Waals surface area contributed by atoms with Gasteiger partial charge in [0, 0.05) is 18.3 Å². The normalized spacial score (nSPS) is 10.8. The van der Waals surface area contributed by atoms with Crippen LogP contribution in [0.4, 0.5) is 5.69 Å². The molecule has 0 aliphatic heterocycles. The number of hydrogen-bond acceptors (Lipinski definition) is 3. The molecular weight excluding hydrogens is 224 g/mol. The number of aromatic nitrogens is 1. The molecule has 4 nitrogen and oxygen atoms in total. The topological polar surface area (TPSA) is 66.0 Å². The summed E-state index contributed by atoms with van der Waals surface area (Å²) in [6.45, 7) is 11.3. The van der Waals surface area contributed by atoms with Gasteiger partial charge in [0.15, 0.2) is 0 Å². The first-order valence-corrected chi connectivity index (χ1v) is 6.47. The van der Waals surface area contributed by atoms with Gasteiger partial charge in [0.1, 0.15) is 5.84 Å². The average Bonchev–Trinajstić information content (AvgIpc) is 2.23. The molecule has 0 fully saturated rings. The Hall–Kier alpha value is -1.58. The molecule has 0 amide bonds. The van der Waals surface area contributed by atoms with Crippen molar-refractivity contribution >= 4 is 11.5 Å². The smallest absolute Gasteiger partial charge is 0.126 e. The van der Waals surface area contributed by atoms with Crippen LogP contribution in [-0.2, 0) is 0 Å². The first-order chi connectivity index (χ1) is 8.38. The fraction of sp³-hybridized carbons (Fsp3) is 0.571. The summed E-state index contributed by atoms with van der Waals surface area (Å²) in [6.07, 6.45) is 1.07. The molecule has 1 aromatic heterocycles. The van der Waals surface area contributed by atoms with Crippen molar-refractivity contribution in [2.75, 3.05) is 11.4 Å². The van der Waals surface area contributed by atoms with E-state index in [1.807, 2.05) is 19.9 Å². The largest absolute Gasteiger partial charge is 0.384 e. The quantitative estimate of drug-likeness (QED) is 0.622. The average molecular weight is 248 g/mol. The molecule has 0 aliphatic rings. The molecule has 0 saturated carbocycles. The number of nitrogens with zero attached hydrogens (tertiary/aromatic N) is 2. The van der Waals surface area contributed by atoms with Gasteiger partial charge in [-0.2, -0.15) is 0 Å². The van der Waals surface area contributed by atoms with Crippen LogP contribution in [0.1, 0.15) is 44.1 Å². The Morgan fingerprint density at radius 2 is 2.06 bits per heavy atom. The first-order valence-electron chi connectivity index (χ1n) is 6.47. The van der Waals surface area contributed by atoms with Gasteiger partial charge in [-0.15, -0.1) is 0 Å². The van der Waals surface area contributed by atoms with Gasteiger partial charge in [0.25, 0.3) is 0 Å². The van der Waals surface area contributed by atoms with Crippen molar-refractivity contribution in [3.8, 4) is 0 Å². The van der Waals surface area contributed by atoms with Crippen molar-refractivity contribution in [2.45, 2.75) is 47.1 Å². The van der Waals surface area contributed by atoms with E-state index in [-0.39, 0.29) is 5.84 Å². The summed E-state index contributed by atoms with van der Waals surface area (Å²) in [4.78, 5) is 6.70. The predicted molar refractivity (Wildman–Crippen MR) is 77.5 cm³/mol. The summed E-state index contributed by atoms with van der Waals surface area (Å²) < 4.78 is 0. The minimum absolute atomic E-state index is 0.0942. The van der Waals surface area contributed by atoms with Crippen LogP contribution in [0.3, 0.4) is 0 Å². The Kier molecular flexibility index (Phi) is 4.70. The molecule has 0 atom stereocenters. The van der Waals surface area contributed by atoms with Gasteiger partial charge >= 0.3 is 0 Å². The molecular formula is C14H24N4. The summed E-state index contributed by atoms with van der Waals surface area (Å²) >= 11 is 0. The molecule has 3 N–H and O–H groups in total. The number of nitrogens with two attached hydrogens (primary N) is 1. The monoisotopic (exact) mass is 248 g/mol. The Labute approximate surface area is 110 Å². The van der Waals surface area contributed by atoms with E-state index in [2.05, 4.69) is 30.7 Å². The second-order valence-corrected chi connectivity index (χ2v) is 4.94. The predicted octanol–water partition coefficient (Wildman–Crippen LogP) is 2.61. The molecule has 1 heterocycles. The van der Waals surface area contributed by atoms with Gasteiger partial charge in [-0.1, -0.05) is 6.92 Å². The highest BCUT2D eigenvalue weighted by Gasteiger charge is 2.18. The van der Waals surface area contributed by atoms with Gasteiger partial charge < -0.3 is 10.6 Å². The zero-order valence-corrected chi connectivity index (χ0v) is 12.0. The lowest BCUT2D eigenvalue weighted by Crippen LogP contribution is -2.34. The second-order valence-electron chi connectivity index (χ2n) is 4.94. The lowest BCUT2D eigenvalue weighted by atomic mass is 10.1. The molecule has 1 rings (SSSR count). The van der Waals surface area contributed by atoms with Crippen LogP contribution < -0.4 is 10.6 Å². The maximum absolute atomic E-state index is 7.77. The van der Waals surface area contributed by atoms with E-state index in [0.717, 1.165) is 35.6 Å². The van der Waals surface area contributed by atoms with Crippen LogP contribution in [0.2, 0.25) is 0 Å². The highest BCUT2D eigenvalue weighted by atomic mass is 15.2. The molecule has 0 aromatic carbocycles. The lowest BCUT2D eigenvalue weighted by Gasteiger charge is -2.31. The third-order valence-electron chi connectivity index (χ3n) is 2.97. The number of hydrogen-bond donors (Lipinski definition) is 2. The van der Waals surface area contributed by atoms with Crippen LogP contribution in [0.5, 0.6) is 0 Å². The molecule has 0 unspecified atom stereocenters. The molecule has 0 spiro atoms. The molecule has 0 saturated heterocycles. The maximum atomic E-state index is 7.77. The van der Waals surface area contributed by atoms with Crippen molar-refractivity contribution in [2.24, 2.45) is 5.73 Å². The summed E-state index contributed by atoms with van der Waals surface area (Å²) in [7, 11) is 0. The van der Waals surface area contributed by atoms with Crippen molar-refractivity contribution < 1.29 is 0 Å². The van der Waals surface area contributed by atoms with E-state index in [1.54, 1.807) is 0 Å². The Balaban J connectivity index is 3.39. The van der Waals surface area contributed by atoms with Crippen LogP contribution in [0.25, 0.3) is 0 Å². The van der Waals surface area contributed by atoms with Gasteiger partial charge in [0.2, 0.25) is 0 Å². The fourth-order valence-corrected chi connectivity index (χ4v) is 2.27. The fourth-order valence-electron chi connectivity index (χ4n) is 2.27. The minimum atomic E-state index is 0.0942. The summed E-state index contributed by atoms with van der Waals surface area (Å²) in [5, 5.41) is 7.77. The number of amidine groups is 1. The molecule has 100 valence electrons. The number of aryl methyl sites for hydroxylation is 2. The molecule has 4 heteroatoms. The molecule has 0 bridgehead atoms. The van der Waals surface area contributed by atoms with E-state index in [9.17, 15) is 0 Å². The molecule has 0 radical (unpaired) electrons. The van der Waals surface area contributed by atoms with Gasteiger partial charge in [0.05, 0.1) is 16.9 Å². The number of nitrogens with one attached hydrogen (secondary N) is 1. The highest BCUT2D eigenvalue weighted by Crippen LogP contribution is 2.25. The number of nitrogen functional groups attached to an aromatic ring is 1. The van der Waals surface area contributed by atoms with E-state index in [0.29, 0.717) is 6.04 Å². The van der Waals surface area contributed by atoms with Crippen molar-refractivity contribution in [3.63, 3.8) is 0 Å². The van der Waals surface area contributed by atoms with Crippen LogP contribution in [0, 0.1) is 19.3 Å². The summed E-state index contributed by atoms with van der Waals surface area (Å²) in [6, 6.07) is 2.41. The van der Waals surface area contributed by atoms with Crippen LogP contribution >= 0.6 is 0 Å². The molecule has 1 aromatic rings. The van der Waals surface area contributed by atoms with Crippen LogP contribution in [-0.4, -0.2) is 23.4 Å². The van der Waals surface area contributed by atoms with Crippen molar-refractivity contribution in [1.29, 1.82) is 5.41 Å². The zero-order valence-electron chi connectivity index (χ0n) is 12.0. The van der Waals surface area contributed by atoms with Crippen molar-refractivity contribution in [1.82, 2.24) is 4.98 Å². The lowest BCUT2D eigenvalue weighted by molar-refractivity contribution is 0.669. The van der Waals surface area contributed by atoms with Gasteiger partial charge in [-0.3, -0.25) is 10.4 Å². The zero-order chi connectivity index (χ0) is 13.9. The summed E-state index contributed by atoms with van der Waals surface area (Å²) in [5.74, 6) is 0.0942.